The molecule has 2 saturated heterocycles. The van der Waals surface area contributed by atoms with Gasteiger partial charge in [0.05, 0.1) is 42.1 Å². The topological polar surface area (TPSA) is 137 Å². The van der Waals surface area contributed by atoms with Crippen molar-refractivity contribution in [3.05, 3.63) is 84.6 Å². The van der Waals surface area contributed by atoms with Crippen molar-refractivity contribution in [3.63, 3.8) is 0 Å². The first kappa shape index (κ1) is 39.6. The number of ether oxygens (including phenoxy) is 2. The van der Waals surface area contributed by atoms with Crippen LogP contribution < -0.4 is 0 Å². The van der Waals surface area contributed by atoms with Crippen LogP contribution >= 0.6 is 0 Å². The highest BCUT2D eigenvalue weighted by molar-refractivity contribution is 5.87. The first-order chi connectivity index (χ1) is 27.1. The van der Waals surface area contributed by atoms with Crippen LogP contribution in [-0.4, -0.2) is 91.6 Å². The van der Waals surface area contributed by atoms with Crippen LogP contribution in [0, 0.1) is 17.8 Å². The van der Waals surface area contributed by atoms with Crippen LogP contribution in [0.15, 0.2) is 72.9 Å². The van der Waals surface area contributed by atoms with Crippen molar-refractivity contribution in [1.82, 2.24) is 34.6 Å². The molecule has 0 saturated carbocycles. The van der Waals surface area contributed by atoms with Crippen molar-refractivity contribution in [2.75, 3.05) is 27.2 Å². The van der Waals surface area contributed by atoms with Crippen LogP contribution in [0.2, 0.25) is 0 Å². The summed E-state index contributed by atoms with van der Waals surface area (Å²) in [5.74, 6) is 1.98. The molecule has 2 aliphatic rings. The second-order valence-electron chi connectivity index (χ2n) is 17.3. The monoisotopic (exact) mass is 773 g/mol. The Morgan fingerprint density at radius 2 is 1.33 bits per heavy atom. The summed E-state index contributed by atoms with van der Waals surface area (Å²) < 4.78 is 10.6. The number of imidazole rings is 2. The number of aromatic nitrogens is 4. The number of carbonyl (C=O) groups excluding carboxylic acids is 3. The number of nitrogens with zero attached hydrogens (tertiary/aromatic N) is 5. The molecule has 3 amide bonds. The molecule has 0 unspecified atom stereocenters. The minimum atomic E-state index is -0.641. The summed E-state index contributed by atoms with van der Waals surface area (Å²) in [6.07, 6.45) is 2.62. The van der Waals surface area contributed by atoms with Crippen molar-refractivity contribution in [3.8, 4) is 33.5 Å². The molecule has 57 heavy (non-hydrogen) atoms. The number of likely N-dealkylation sites (tertiary alicyclic amines) is 2. The minimum Gasteiger partial charge on any atom is -0.453 e. The van der Waals surface area contributed by atoms with Crippen LogP contribution in [0.5, 0.6) is 0 Å². The lowest BCUT2D eigenvalue weighted by atomic mass is 9.99. The van der Waals surface area contributed by atoms with Crippen molar-refractivity contribution >= 4 is 29.1 Å². The van der Waals surface area contributed by atoms with Crippen molar-refractivity contribution in [1.29, 1.82) is 0 Å². The number of likely N-dealkylation sites (N-methyl/N-ethyl adjacent to an activating group) is 1. The molecule has 5 atom stereocenters. The molecule has 0 radical (unpaired) electrons. The van der Waals surface area contributed by atoms with Gasteiger partial charge in [-0.25, -0.2) is 19.6 Å². The highest BCUT2D eigenvalue weighted by Crippen LogP contribution is 2.38. The normalized spacial score (nSPS) is 20.3. The van der Waals surface area contributed by atoms with Gasteiger partial charge in [-0.15, -0.1) is 0 Å². The number of nitrogens with one attached hydrogen (secondary N) is 2. The molecule has 3 aromatic carbocycles. The molecular weight excluding hydrogens is 719 g/mol. The average Bonchev–Trinajstić information content (AvgIpc) is 3.99. The number of fused-ring (bicyclic) bond motifs is 1. The molecule has 2 aliphatic heterocycles. The zero-order valence-electron chi connectivity index (χ0n) is 34.5. The second kappa shape index (κ2) is 15.7. The molecule has 12 heteroatoms. The van der Waals surface area contributed by atoms with Gasteiger partial charge in [-0.2, -0.15) is 0 Å². The predicted octanol–water partition coefficient (Wildman–Crippen LogP) is 9.24. The maximum atomic E-state index is 14.0. The summed E-state index contributed by atoms with van der Waals surface area (Å²) in [6.45, 7) is 15.1. The third kappa shape index (κ3) is 8.26. The van der Waals surface area contributed by atoms with Gasteiger partial charge in [0.25, 0.3) is 0 Å². The Labute approximate surface area is 335 Å². The highest BCUT2D eigenvalue weighted by atomic mass is 16.6. The molecule has 5 aromatic rings. The van der Waals surface area contributed by atoms with Gasteiger partial charge in [-0.1, -0.05) is 82.3 Å². The molecule has 2 aromatic heterocycles. The number of amides is 3. The van der Waals surface area contributed by atoms with E-state index in [-0.39, 0.29) is 35.9 Å². The number of carbonyl (C=O) groups is 3. The zero-order valence-corrected chi connectivity index (χ0v) is 34.5. The summed E-state index contributed by atoms with van der Waals surface area (Å²) >= 11 is 0. The third-order valence-corrected chi connectivity index (χ3v) is 11.2. The lowest BCUT2D eigenvalue weighted by molar-refractivity contribution is -0.138. The number of rotatable bonds is 8. The molecule has 2 N–H and O–H groups in total. The first-order valence-corrected chi connectivity index (χ1v) is 20.0. The summed E-state index contributed by atoms with van der Waals surface area (Å²) in [4.78, 5) is 61.1. The lowest BCUT2D eigenvalue weighted by Gasteiger charge is -2.34. The van der Waals surface area contributed by atoms with E-state index >= 15 is 0 Å². The Hall–Kier alpha value is -5.65. The van der Waals surface area contributed by atoms with E-state index in [0.29, 0.717) is 19.0 Å². The second-order valence-corrected chi connectivity index (χ2v) is 17.3. The Kier molecular flexibility index (Phi) is 10.9. The van der Waals surface area contributed by atoms with Crippen LogP contribution in [0.1, 0.15) is 85.0 Å². The largest absolute Gasteiger partial charge is 0.453 e. The van der Waals surface area contributed by atoms with Gasteiger partial charge >= 0.3 is 12.2 Å². The molecule has 0 bridgehead atoms. The molecule has 0 spiro atoms. The van der Waals surface area contributed by atoms with Gasteiger partial charge in [-0.3, -0.25) is 14.6 Å². The number of hydrogen-bond acceptors (Lipinski definition) is 7. The van der Waals surface area contributed by atoms with Crippen molar-refractivity contribution in [2.45, 2.75) is 85.0 Å². The quantitative estimate of drug-likeness (QED) is 0.160. The van der Waals surface area contributed by atoms with Gasteiger partial charge < -0.3 is 24.3 Å². The standard InChI is InChI=1S/C45H55N7O5/c1-26(2)39(50(8)43(54)56-9)42(53)51-24-27(3)21-38(51)41-47-34-19-18-33(22-35(34)48-41)31-12-10-29(11-13-31)30-14-16-32(17-15-30)36-23-46-40(49-36)37-20-28(4)25-52(37)44(55)57-45(5,6)7/h10-19,22-23,26-28,37-39H,20-21,24-25H2,1-9H3,(H,46,49)(H,47,48)/t27-,28-,37-,38-,39-/m0/s1. The molecule has 12 nitrogen and oxygen atoms in total. The average molecular weight is 774 g/mol. The van der Waals surface area contributed by atoms with Gasteiger partial charge in [0.2, 0.25) is 5.91 Å². The van der Waals surface area contributed by atoms with Gasteiger partial charge in [-0.05, 0) is 91.3 Å². The SMILES string of the molecule is COC(=O)N(C)[C@H](C(=O)N1C[C@@H](C)C[C@H]1c1nc2ccc(-c3ccc(-c4ccc(-c5cnc([C@@H]6C[C@H](C)CN6C(=O)OC(C)(C)C)[nH]5)cc4)cc3)cc2[nH]1)C(C)C. The Balaban J connectivity index is 1.04. The first-order valence-electron chi connectivity index (χ1n) is 20.0. The molecule has 4 heterocycles. The Morgan fingerprint density at radius 3 is 1.91 bits per heavy atom. The lowest BCUT2D eigenvalue weighted by Crippen LogP contribution is -2.52. The van der Waals surface area contributed by atoms with Crippen molar-refractivity contribution in [2.24, 2.45) is 17.8 Å². The molecule has 2 fully saturated rings. The van der Waals surface area contributed by atoms with E-state index < -0.39 is 17.7 Å². The summed E-state index contributed by atoms with van der Waals surface area (Å²) in [7, 11) is 2.95. The fraction of sp³-hybridized carbons (Fsp3) is 0.444. The number of benzene rings is 3. The van der Waals surface area contributed by atoms with E-state index in [0.717, 1.165) is 69.0 Å². The smallest absolute Gasteiger partial charge is 0.410 e. The number of hydrogen-bond donors (Lipinski definition) is 2. The van der Waals surface area contributed by atoms with E-state index in [1.807, 2.05) is 51.8 Å². The highest BCUT2D eigenvalue weighted by Gasteiger charge is 2.42. The van der Waals surface area contributed by atoms with E-state index in [4.69, 9.17) is 19.4 Å². The zero-order chi connectivity index (χ0) is 40.8. The molecule has 7 rings (SSSR count). The summed E-state index contributed by atoms with van der Waals surface area (Å²) in [5.41, 5.74) is 7.45. The van der Waals surface area contributed by atoms with E-state index in [1.165, 1.54) is 12.0 Å². The molecule has 300 valence electrons. The number of aromatic amines is 2. The number of methoxy groups -OCH3 is 1. The van der Waals surface area contributed by atoms with Crippen LogP contribution in [0.3, 0.4) is 0 Å². The molecule has 0 aliphatic carbocycles. The van der Waals surface area contributed by atoms with Crippen LogP contribution in [0.4, 0.5) is 9.59 Å². The Morgan fingerprint density at radius 1 is 0.789 bits per heavy atom. The van der Waals surface area contributed by atoms with Crippen molar-refractivity contribution < 1.29 is 23.9 Å². The van der Waals surface area contributed by atoms with Gasteiger partial charge in [0.1, 0.15) is 23.3 Å². The third-order valence-electron chi connectivity index (χ3n) is 11.2. The van der Waals surface area contributed by atoms with Gasteiger partial charge in [0, 0.05) is 20.1 Å². The van der Waals surface area contributed by atoms with E-state index in [1.54, 1.807) is 11.9 Å². The van der Waals surface area contributed by atoms with E-state index in [9.17, 15) is 14.4 Å². The summed E-state index contributed by atoms with van der Waals surface area (Å²) in [6, 6.07) is 22.1. The summed E-state index contributed by atoms with van der Waals surface area (Å²) in [5, 5.41) is 0. The van der Waals surface area contributed by atoms with Crippen LogP contribution in [0.25, 0.3) is 44.5 Å². The number of H-pyrrole nitrogens is 2. The van der Waals surface area contributed by atoms with Gasteiger partial charge in [0.15, 0.2) is 0 Å². The predicted molar refractivity (Wildman–Crippen MR) is 221 cm³/mol. The fourth-order valence-electron chi connectivity index (χ4n) is 8.42. The maximum absolute atomic E-state index is 14.0. The maximum Gasteiger partial charge on any atom is 0.410 e. The molecular formula is C45H55N7O5. The fourth-order valence-corrected chi connectivity index (χ4v) is 8.42. The minimum absolute atomic E-state index is 0.0928. The van der Waals surface area contributed by atoms with E-state index in [2.05, 4.69) is 84.5 Å². The van der Waals surface area contributed by atoms with Crippen LogP contribution in [-0.2, 0) is 14.3 Å². The Bertz CT molecular complexity index is 2240.